The van der Waals surface area contributed by atoms with E-state index < -0.39 is 0 Å². The topological polar surface area (TPSA) is 72.4 Å². The smallest absolute Gasteiger partial charge is 0.244 e. The predicted molar refractivity (Wildman–Crippen MR) is 32.0 cm³/mol. The second kappa shape index (κ2) is 2.80. The summed E-state index contributed by atoms with van der Waals surface area (Å²) in [6.07, 6.45) is 0.532. The van der Waals surface area contributed by atoms with E-state index in [-0.39, 0.29) is 30.8 Å². The van der Waals surface area contributed by atoms with E-state index in [0.29, 0.717) is 4.42 Å². The van der Waals surface area contributed by atoms with Crippen molar-refractivity contribution in [3.63, 3.8) is 0 Å². The Balaban J connectivity index is 0.000000640. The first-order valence-corrected chi connectivity index (χ1v) is 2.57. The Morgan fingerprint density at radius 1 is 1.22 bits per heavy atom. The number of carbonyl (C=O) groups excluding carboxylic acids is 2. The first-order valence-electron chi connectivity index (χ1n) is 2.23. The lowest BCUT2D eigenvalue weighted by Gasteiger charge is -1.96. The van der Waals surface area contributed by atoms with Crippen LogP contribution in [-0.4, -0.2) is 16.2 Å². The molecule has 2 amide bonds. The number of amides is 2. The van der Waals surface area contributed by atoms with Gasteiger partial charge in [-0.2, -0.15) is 4.42 Å². The quantitative estimate of drug-likeness (QED) is 0.403. The molecule has 1 fully saturated rings. The van der Waals surface area contributed by atoms with Crippen LogP contribution in [0.25, 0.3) is 0 Å². The molecule has 1 saturated heterocycles. The van der Waals surface area contributed by atoms with Gasteiger partial charge in [0.05, 0.1) is 0 Å². The molecule has 9 heavy (non-hydrogen) atoms. The van der Waals surface area contributed by atoms with Crippen molar-refractivity contribution in [2.45, 2.75) is 12.8 Å². The molecule has 0 saturated carbocycles. The SMILES string of the molecule is N.O=C1CCC(=O)N1Cl. The van der Waals surface area contributed by atoms with Crippen molar-refractivity contribution in [3.8, 4) is 0 Å². The summed E-state index contributed by atoms with van der Waals surface area (Å²) in [5.74, 6) is -0.590. The van der Waals surface area contributed by atoms with E-state index in [0.717, 1.165) is 0 Å². The molecule has 3 N–H and O–H groups in total. The summed E-state index contributed by atoms with van der Waals surface area (Å²) in [5.41, 5.74) is 0. The summed E-state index contributed by atoms with van der Waals surface area (Å²) in [4.78, 5) is 20.7. The van der Waals surface area contributed by atoms with Gasteiger partial charge >= 0.3 is 0 Å². The zero-order valence-electron chi connectivity index (χ0n) is 4.76. The van der Waals surface area contributed by atoms with E-state index in [1.54, 1.807) is 0 Å². The molecule has 0 aromatic rings. The van der Waals surface area contributed by atoms with E-state index in [1.165, 1.54) is 0 Å². The minimum absolute atomic E-state index is 0. The van der Waals surface area contributed by atoms with Gasteiger partial charge in [0.25, 0.3) is 0 Å². The molecule has 1 aliphatic rings. The number of rotatable bonds is 0. The normalized spacial score (nSPS) is 18.1. The first kappa shape index (κ1) is 8.39. The van der Waals surface area contributed by atoms with Gasteiger partial charge < -0.3 is 6.15 Å². The van der Waals surface area contributed by atoms with Gasteiger partial charge in [0.2, 0.25) is 11.8 Å². The van der Waals surface area contributed by atoms with Crippen LogP contribution in [0.4, 0.5) is 0 Å². The summed E-state index contributed by atoms with van der Waals surface area (Å²) in [6.45, 7) is 0. The van der Waals surface area contributed by atoms with Gasteiger partial charge in [-0.25, -0.2) is 0 Å². The molecule has 5 heteroatoms. The number of hydrogen-bond donors (Lipinski definition) is 1. The van der Waals surface area contributed by atoms with Gasteiger partial charge in [-0.15, -0.1) is 0 Å². The maximum absolute atomic E-state index is 10.4. The molecule has 0 atom stereocenters. The fourth-order valence-electron chi connectivity index (χ4n) is 0.549. The van der Waals surface area contributed by atoms with Gasteiger partial charge in [0, 0.05) is 24.6 Å². The predicted octanol–water partition coefficient (Wildman–Crippen LogP) is 0.451. The van der Waals surface area contributed by atoms with Crippen LogP contribution in [-0.2, 0) is 9.59 Å². The molecule has 0 aromatic heterocycles. The van der Waals surface area contributed by atoms with Crippen molar-refractivity contribution in [3.05, 3.63) is 0 Å². The zero-order chi connectivity index (χ0) is 6.15. The minimum Gasteiger partial charge on any atom is -0.344 e. The van der Waals surface area contributed by atoms with Gasteiger partial charge in [-0.3, -0.25) is 9.59 Å². The lowest BCUT2D eigenvalue weighted by atomic mass is 10.4. The van der Waals surface area contributed by atoms with Crippen molar-refractivity contribution < 1.29 is 9.59 Å². The Kier molecular flexibility index (Phi) is 2.61. The Hall–Kier alpha value is -0.610. The van der Waals surface area contributed by atoms with Crippen LogP contribution in [0.1, 0.15) is 12.8 Å². The summed E-state index contributed by atoms with van der Waals surface area (Å²) in [7, 11) is 0. The molecular formula is C4H7ClN2O2. The van der Waals surface area contributed by atoms with E-state index in [4.69, 9.17) is 11.8 Å². The largest absolute Gasteiger partial charge is 0.344 e. The molecule has 0 unspecified atom stereocenters. The van der Waals surface area contributed by atoms with Crippen LogP contribution >= 0.6 is 11.8 Å². The first-order chi connectivity index (χ1) is 3.72. The second-order valence-electron chi connectivity index (χ2n) is 1.57. The van der Waals surface area contributed by atoms with Crippen molar-refractivity contribution in [2.75, 3.05) is 0 Å². The molecule has 4 nitrogen and oxygen atoms in total. The summed E-state index contributed by atoms with van der Waals surface area (Å²) >= 11 is 5.15. The number of hydrogen-bond acceptors (Lipinski definition) is 3. The molecule has 0 spiro atoms. The monoisotopic (exact) mass is 150 g/mol. The second-order valence-corrected chi connectivity index (χ2v) is 1.91. The average Bonchev–Trinajstić information content (AvgIpc) is 1.98. The third-order valence-electron chi connectivity index (χ3n) is 0.991. The Morgan fingerprint density at radius 2 is 1.56 bits per heavy atom. The summed E-state index contributed by atoms with van der Waals surface area (Å²) in [6, 6.07) is 0. The van der Waals surface area contributed by atoms with Crippen LogP contribution in [0, 0.1) is 0 Å². The molecule has 0 bridgehead atoms. The van der Waals surface area contributed by atoms with Crippen LogP contribution in [0.15, 0.2) is 0 Å². The molecule has 1 aliphatic heterocycles. The van der Waals surface area contributed by atoms with Gasteiger partial charge in [-0.05, 0) is 0 Å². The van der Waals surface area contributed by atoms with E-state index >= 15 is 0 Å². The Labute approximate surface area is 57.5 Å². The molecule has 0 radical (unpaired) electrons. The number of nitrogens with zero attached hydrogens (tertiary/aromatic N) is 1. The highest BCUT2D eigenvalue weighted by Crippen LogP contribution is 2.12. The highest BCUT2D eigenvalue weighted by atomic mass is 35.5. The van der Waals surface area contributed by atoms with Gasteiger partial charge in [0.1, 0.15) is 0 Å². The van der Waals surface area contributed by atoms with Crippen LogP contribution in [0.2, 0.25) is 0 Å². The molecule has 1 heterocycles. The number of halogens is 1. The molecular weight excluding hydrogens is 144 g/mol. The lowest BCUT2D eigenvalue weighted by molar-refractivity contribution is -0.132. The van der Waals surface area contributed by atoms with Crippen molar-refractivity contribution in [2.24, 2.45) is 0 Å². The van der Waals surface area contributed by atoms with Gasteiger partial charge in [0.15, 0.2) is 0 Å². The third kappa shape index (κ3) is 1.40. The zero-order valence-corrected chi connectivity index (χ0v) is 5.52. The third-order valence-corrected chi connectivity index (χ3v) is 1.37. The van der Waals surface area contributed by atoms with Crippen LogP contribution in [0.5, 0.6) is 0 Å². The lowest BCUT2D eigenvalue weighted by Crippen LogP contribution is -2.16. The molecule has 0 aliphatic carbocycles. The van der Waals surface area contributed by atoms with Crippen molar-refractivity contribution in [1.29, 1.82) is 0 Å². The Bertz CT molecular complexity index is 132. The fourth-order valence-corrected chi connectivity index (χ4v) is 0.718. The van der Waals surface area contributed by atoms with Gasteiger partial charge in [-0.1, -0.05) is 0 Å². The van der Waals surface area contributed by atoms with Crippen molar-refractivity contribution >= 4 is 23.6 Å². The minimum atomic E-state index is -0.295. The highest BCUT2D eigenvalue weighted by Gasteiger charge is 2.26. The highest BCUT2D eigenvalue weighted by molar-refractivity contribution is 6.32. The van der Waals surface area contributed by atoms with Crippen LogP contribution < -0.4 is 6.15 Å². The Morgan fingerprint density at radius 3 is 1.67 bits per heavy atom. The standard InChI is InChI=1S/C4H4ClNO2.H3N/c5-6-3(7)1-2-4(6)8;/h1-2H2;1H3. The van der Waals surface area contributed by atoms with E-state index in [9.17, 15) is 9.59 Å². The summed E-state index contributed by atoms with van der Waals surface area (Å²) < 4.78 is 0.639. The van der Waals surface area contributed by atoms with E-state index in [2.05, 4.69) is 0 Å². The molecule has 0 aromatic carbocycles. The van der Waals surface area contributed by atoms with E-state index in [1.807, 2.05) is 0 Å². The average molecular weight is 151 g/mol. The molecule has 52 valence electrons. The van der Waals surface area contributed by atoms with Crippen molar-refractivity contribution in [1.82, 2.24) is 10.6 Å². The summed E-state index contributed by atoms with van der Waals surface area (Å²) in [5, 5.41) is 0. The number of imide groups is 1. The fraction of sp³-hybridized carbons (Fsp3) is 0.500. The maximum Gasteiger partial charge on any atom is 0.244 e. The maximum atomic E-state index is 10.4. The molecule has 1 rings (SSSR count). The van der Waals surface area contributed by atoms with Crippen LogP contribution in [0.3, 0.4) is 0 Å². The number of carbonyl (C=O) groups is 2.